The number of carbonyl (C=O) groups is 1. The third-order valence-corrected chi connectivity index (χ3v) is 5.86. The molecule has 2 aromatic carbocycles. The molecule has 0 saturated carbocycles. The van der Waals surface area contributed by atoms with Gasteiger partial charge in [0, 0.05) is 18.9 Å². The third-order valence-electron chi connectivity index (χ3n) is 5.86. The van der Waals surface area contributed by atoms with E-state index >= 15 is 0 Å². The van der Waals surface area contributed by atoms with E-state index in [-0.39, 0.29) is 12.0 Å². The lowest BCUT2D eigenvalue weighted by Gasteiger charge is -2.31. The van der Waals surface area contributed by atoms with Gasteiger partial charge in [0.2, 0.25) is 5.89 Å². The fourth-order valence-corrected chi connectivity index (χ4v) is 4.16. The van der Waals surface area contributed by atoms with Crippen LogP contribution in [0.3, 0.4) is 0 Å². The SMILES string of the molecule is O=C(O)N[C@@H](CCN1CCC(c2nc(Cc3ccccc3)no2)CC1)c1ccccc1. The lowest BCUT2D eigenvalue weighted by Crippen LogP contribution is -2.36. The molecule has 1 atom stereocenters. The Morgan fingerprint density at radius 1 is 1.10 bits per heavy atom. The number of hydrogen-bond acceptors (Lipinski definition) is 5. The van der Waals surface area contributed by atoms with Crippen molar-refractivity contribution in [3.05, 3.63) is 83.5 Å². The van der Waals surface area contributed by atoms with Crippen LogP contribution in [-0.2, 0) is 6.42 Å². The van der Waals surface area contributed by atoms with Gasteiger partial charge in [-0.2, -0.15) is 4.98 Å². The van der Waals surface area contributed by atoms with Crippen LogP contribution in [0.15, 0.2) is 65.2 Å². The van der Waals surface area contributed by atoms with E-state index in [1.165, 1.54) is 5.56 Å². The summed E-state index contributed by atoms with van der Waals surface area (Å²) in [5.41, 5.74) is 2.17. The van der Waals surface area contributed by atoms with Crippen LogP contribution in [-0.4, -0.2) is 45.9 Å². The van der Waals surface area contributed by atoms with Crippen molar-refractivity contribution in [3.63, 3.8) is 0 Å². The predicted octanol–water partition coefficient (Wildman–Crippen LogP) is 4.24. The van der Waals surface area contributed by atoms with Crippen molar-refractivity contribution in [2.45, 2.75) is 37.6 Å². The first-order valence-corrected chi connectivity index (χ1v) is 10.8. The van der Waals surface area contributed by atoms with E-state index < -0.39 is 6.09 Å². The average Bonchev–Trinajstić information content (AvgIpc) is 3.26. The van der Waals surface area contributed by atoms with Gasteiger partial charge < -0.3 is 19.8 Å². The molecule has 1 aliphatic heterocycles. The Balaban J connectivity index is 1.27. The Hall–Kier alpha value is -3.19. The molecule has 3 aromatic rings. The van der Waals surface area contributed by atoms with Gasteiger partial charge in [-0.05, 0) is 43.5 Å². The maximum Gasteiger partial charge on any atom is 0.405 e. The molecule has 0 spiro atoms. The monoisotopic (exact) mass is 420 g/mol. The molecule has 0 bridgehead atoms. The Labute approximate surface area is 182 Å². The van der Waals surface area contributed by atoms with Gasteiger partial charge in [0.15, 0.2) is 5.82 Å². The molecule has 0 radical (unpaired) electrons. The van der Waals surface area contributed by atoms with Crippen molar-refractivity contribution in [3.8, 4) is 0 Å². The highest BCUT2D eigenvalue weighted by atomic mass is 16.5. The van der Waals surface area contributed by atoms with Crippen molar-refractivity contribution in [2.24, 2.45) is 0 Å². The summed E-state index contributed by atoms with van der Waals surface area (Å²) in [6.07, 6.45) is 2.36. The standard InChI is InChI=1S/C24H28N4O3/c29-24(30)25-21(19-9-5-2-6-10-19)13-16-28-14-11-20(12-15-28)23-26-22(27-31-23)17-18-7-3-1-4-8-18/h1-10,20-21,25H,11-17H2,(H,29,30)/t21-/m0/s1. The Kier molecular flexibility index (Phi) is 6.94. The van der Waals surface area contributed by atoms with Crippen LogP contribution in [0.2, 0.25) is 0 Å². The fraction of sp³-hybridized carbons (Fsp3) is 0.375. The molecule has 1 aromatic heterocycles. The van der Waals surface area contributed by atoms with Crippen molar-refractivity contribution in [2.75, 3.05) is 19.6 Å². The number of aromatic nitrogens is 2. The molecule has 7 nitrogen and oxygen atoms in total. The Morgan fingerprint density at radius 3 is 2.45 bits per heavy atom. The summed E-state index contributed by atoms with van der Waals surface area (Å²) in [5.74, 6) is 1.75. The number of amides is 1. The average molecular weight is 421 g/mol. The highest BCUT2D eigenvalue weighted by Crippen LogP contribution is 2.28. The number of hydrogen-bond donors (Lipinski definition) is 2. The number of piperidine rings is 1. The van der Waals surface area contributed by atoms with E-state index in [2.05, 4.69) is 32.5 Å². The molecular formula is C24H28N4O3. The summed E-state index contributed by atoms with van der Waals surface area (Å²) in [6.45, 7) is 2.72. The minimum Gasteiger partial charge on any atom is -0.465 e. The van der Waals surface area contributed by atoms with E-state index in [4.69, 9.17) is 4.52 Å². The van der Waals surface area contributed by atoms with E-state index in [1.54, 1.807) is 0 Å². The van der Waals surface area contributed by atoms with Gasteiger partial charge in [-0.25, -0.2) is 4.79 Å². The van der Waals surface area contributed by atoms with Crippen molar-refractivity contribution in [1.29, 1.82) is 0 Å². The van der Waals surface area contributed by atoms with Crippen LogP contribution >= 0.6 is 0 Å². The van der Waals surface area contributed by atoms with Crippen molar-refractivity contribution < 1.29 is 14.4 Å². The molecule has 1 fully saturated rings. The minimum atomic E-state index is -0.990. The molecule has 1 aliphatic rings. The number of carboxylic acid groups (broad SMARTS) is 1. The highest BCUT2D eigenvalue weighted by Gasteiger charge is 2.26. The number of likely N-dealkylation sites (tertiary alicyclic amines) is 1. The summed E-state index contributed by atoms with van der Waals surface area (Å²) < 4.78 is 5.56. The lowest BCUT2D eigenvalue weighted by molar-refractivity contribution is 0.175. The van der Waals surface area contributed by atoms with Gasteiger partial charge in [0.25, 0.3) is 0 Å². The Bertz CT molecular complexity index is 953. The first-order valence-electron chi connectivity index (χ1n) is 10.8. The third kappa shape index (κ3) is 5.92. The Morgan fingerprint density at radius 2 is 1.77 bits per heavy atom. The molecular weight excluding hydrogens is 392 g/mol. The number of nitrogens with zero attached hydrogens (tertiary/aromatic N) is 3. The fourth-order valence-electron chi connectivity index (χ4n) is 4.16. The zero-order valence-corrected chi connectivity index (χ0v) is 17.5. The topological polar surface area (TPSA) is 91.5 Å². The molecule has 31 heavy (non-hydrogen) atoms. The number of rotatable bonds is 8. The summed E-state index contributed by atoms with van der Waals surface area (Å²) in [6, 6.07) is 19.7. The summed E-state index contributed by atoms with van der Waals surface area (Å²) in [7, 11) is 0. The number of nitrogens with one attached hydrogen (secondary N) is 1. The zero-order valence-electron chi connectivity index (χ0n) is 17.5. The molecule has 1 saturated heterocycles. The quantitative estimate of drug-likeness (QED) is 0.566. The van der Waals surface area contributed by atoms with Crippen LogP contribution in [0.5, 0.6) is 0 Å². The van der Waals surface area contributed by atoms with Crippen LogP contribution in [0.4, 0.5) is 4.79 Å². The van der Waals surface area contributed by atoms with Gasteiger partial charge >= 0.3 is 6.09 Å². The molecule has 0 unspecified atom stereocenters. The minimum absolute atomic E-state index is 0.201. The number of benzene rings is 2. The zero-order chi connectivity index (χ0) is 21.5. The first kappa shape index (κ1) is 21.1. The largest absolute Gasteiger partial charge is 0.465 e. The van der Waals surface area contributed by atoms with Crippen LogP contribution in [0.1, 0.15) is 54.1 Å². The van der Waals surface area contributed by atoms with Gasteiger partial charge in [-0.15, -0.1) is 0 Å². The lowest BCUT2D eigenvalue weighted by atomic mass is 9.96. The van der Waals surface area contributed by atoms with E-state index in [1.807, 2.05) is 48.5 Å². The molecule has 4 rings (SSSR count). The molecule has 162 valence electrons. The predicted molar refractivity (Wildman–Crippen MR) is 117 cm³/mol. The van der Waals surface area contributed by atoms with Crippen LogP contribution in [0.25, 0.3) is 0 Å². The molecule has 1 amide bonds. The maximum absolute atomic E-state index is 11.2. The second-order valence-corrected chi connectivity index (χ2v) is 8.03. The second kappa shape index (κ2) is 10.2. The van der Waals surface area contributed by atoms with Crippen molar-refractivity contribution >= 4 is 6.09 Å². The molecule has 7 heteroatoms. The van der Waals surface area contributed by atoms with Gasteiger partial charge in [0.05, 0.1) is 6.04 Å². The highest BCUT2D eigenvalue weighted by molar-refractivity contribution is 5.65. The van der Waals surface area contributed by atoms with E-state index in [9.17, 15) is 9.90 Å². The van der Waals surface area contributed by atoms with Crippen molar-refractivity contribution in [1.82, 2.24) is 20.4 Å². The summed E-state index contributed by atoms with van der Waals surface area (Å²) in [5, 5.41) is 16.0. The molecule has 2 N–H and O–H groups in total. The van der Waals surface area contributed by atoms with Gasteiger partial charge in [-0.3, -0.25) is 0 Å². The van der Waals surface area contributed by atoms with E-state index in [0.717, 1.165) is 56.2 Å². The van der Waals surface area contributed by atoms with Crippen LogP contribution in [0, 0.1) is 0 Å². The van der Waals surface area contributed by atoms with Gasteiger partial charge in [-0.1, -0.05) is 65.8 Å². The normalized spacial score (nSPS) is 16.1. The maximum atomic E-state index is 11.2. The van der Waals surface area contributed by atoms with Gasteiger partial charge in [0.1, 0.15) is 0 Å². The summed E-state index contributed by atoms with van der Waals surface area (Å²) in [4.78, 5) is 18.2. The first-order chi connectivity index (χ1) is 15.2. The second-order valence-electron chi connectivity index (χ2n) is 8.03. The molecule has 0 aliphatic carbocycles. The summed E-state index contributed by atoms with van der Waals surface area (Å²) >= 11 is 0. The van der Waals surface area contributed by atoms with Crippen LogP contribution < -0.4 is 5.32 Å². The van der Waals surface area contributed by atoms with E-state index in [0.29, 0.717) is 6.42 Å². The smallest absolute Gasteiger partial charge is 0.405 e. The molecule has 2 heterocycles.